The lowest BCUT2D eigenvalue weighted by atomic mass is 10.0. The van der Waals surface area contributed by atoms with Gasteiger partial charge in [0.15, 0.2) is 11.5 Å². The van der Waals surface area contributed by atoms with Gasteiger partial charge in [0.2, 0.25) is 0 Å². The summed E-state index contributed by atoms with van der Waals surface area (Å²) >= 11 is 5.95. The third-order valence-corrected chi connectivity index (χ3v) is 6.48. The number of rotatable bonds is 7. The topological polar surface area (TPSA) is 79.6 Å². The highest BCUT2D eigenvalue weighted by Gasteiger charge is 2.15. The van der Waals surface area contributed by atoms with Gasteiger partial charge in [-0.15, -0.1) is 0 Å². The second-order valence-electron chi connectivity index (χ2n) is 8.43. The molecule has 1 saturated heterocycles. The minimum Gasteiger partial charge on any atom is -0.493 e. The zero-order chi connectivity index (χ0) is 25.1. The molecule has 36 heavy (non-hydrogen) atoms. The number of methoxy groups -OCH3 is 1. The van der Waals surface area contributed by atoms with E-state index in [-0.39, 0.29) is 5.02 Å². The number of anilines is 2. The maximum atomic E-state index is 13.6. The Bertz CT molecular complexity index is 1470. The summed E-state index contributed by atoms with van der Waals surface area (Å²) < 4.78 is 30.7. The molecule has 9 heteroatoms. The molecule has 1 aliphatic heterocycles. The Hall–Kier alpha value is -3.64. The molecule has 1 aromatic heterocycles. The zero-order valence-corrected chi connectivity index (χ0v) is 20.4. The summed E-state index contributed by atoms with van der Waals surface area (Å²) in [6, 6.07) is 14.3. The number of halogens is 2. The maximum Gasteiger partial charge on any atom is 0.161 e. The van der Waals surface area contributed by atoms with Crippen molar-refractivity contribution in [1.29, 1.82) is 5.26 Å². The first-order chi connectivity index (χ1) is 17.6. The van der Waals surface area contributed by atoms with Gasteiger partial charge >= 0.3 is 0 Å². The van der Waals surface area contributed by atoms with E-state index in [9.17, 15) is 9.65 Å². The summed E-state index contributed by atoms with van der Waals surface area (Å²) in [6.07, 6.45) is 1.52. The van der Waals surface area contributed by atoms with Crippen LogP contribution in [0.2, 0.25) is 5.02 Å². The number of nitriles is 1. The smallest absolute Gasteiger partial charge is 0.161 e. The second-order valence-corrected chi connectivity index (χ2v) is 8.84. The molecule has 7 nitrogen and oxygen atoms in total. The van der Waals surface area contributed by atoms with Gasteiger partial charge in [-0.3, -0.25) is 9.88 Å². The third-order valence-electron chi connectivity index (χ3n) is 6.19. The normalized spacial score (nSPS) is 14.1. The van der Waals surface area contributed by atoms with Gasteiger partial charge in [0, 0.05) is 36.9 Å². The van der Waals surface area contributed by atoms with Crippen LogP contribution in [-0.4, -0.2) is 56.4 Å². The van der Waals surface area contributed by atoms with Crippen molar-refractivity contribution in [3.05, 3.63) is 65.1 Å². The lowest BCUT2D eigenvalue weighted by Crippen LogP contribution is -2.38. The predicted molar refractivity (Wildman–Crippen MR) is 138 cm³/mol. The molecule has 1 fully saturated rings. The molecule has 1 aliphatic rings. The van der Waals surface area contributed by atoms with Gasteiger partial charge < -0.3 is 19.5 Å². The first kappa shape index (κ1) is 24.1. The lowest BCUT2D eigenvalue weighted by Gasteiger charge is -2.26. The molecule has 2 heterocycles. The van der Waals surface area contributed by atoms with E-state index >= 15 is 0 Å². The predicted octanol–water partition coefficient (Wildman–Crippen LogP) is 5.52. The van der Waals surface area contributed by atoms with E-state index < -0.39 is 5.82 Å². The van der Waals surface area contributed by atoms with Crippen molar-refractivity contribution in [2.24, 2.45) is 0 Å². The van der Waals surface area contributed by atoms with Crippen LogP contribution in [0.25, 0.3) is 21.7 Å². The Labute approximate surface area is 212 Å². The van der Waals surface area contributed by atoms with E-state index in [1.807, 2.05) is 24.3 Å². The largest absolute Gasteiger partial charge is 0.493 e. The van der Waals surface area contributed by atoms with E-state index in [4.69, 9.17) is 25.8 Å². The Morgan fingerprint density at radius 2 is 1.92 bits per heavy atom. The highest BCUT2D eigenvalue weighted by molar-refractivity contribution is 6.31. The summed E-state index contributed by atoms with van der Waals surface area (Å²) in [5.41, 5.74) is 2.18. The number of benzene rings is 3. The summed E-state index contributed by atoms with van der Waals surface area (Å²) in [5.74, 6) is 0.766. The van der Waals surface area contributed by atoms with Crippen molar-refractivity contribution in [2.75, 3.05) is 51.9 Å². The minimum absolute atomic E-state index is 0.00629. The number of aromatic nitrogens is 1. The van der Waals surface area contributed by atoms with Gasteiger partial charge in [-0.25, -0.2) is 4.39 Å². The first-order valence-corrected chi connectivity index (χ1v) is 11.9. The van der Waals surface area contributed by atoms with Crippen molar-refractivity contribution < 1.29 is 18.6 Å². The van der Waals surface area contributed by atoms with Crippen molar-refractivity contribution in [2.45, 2.75) is 0 Å². The first-order valence-electron chi connectivity index (χ1n) is 11.6. The molecule has 4 aromatic rings. The molecule has 0 atom stereocenters. The van der Waals surface area contributed by atoms with Gasteiger partial charge in [0.25, 0.3) is 0 Å². The van der Waals surface area contributed by atoms with Crippen LogP contribution in [0.3, 0.4) is 0 Å². The standard InChI is InChI=1S/C27H24ClFN4O3/c1-34-25-12-17-10-21-24(11-18(17)13-26(25)36-9-6-33-4-7-35-8-5-33)31-16-19(15-30)27(21)32-20-2-3-23(29)22(28)14-20/h2-3,10-14,16H,4-9H2,1H3,(H,31,32). The molecule has 3 aromatic carbocycles. The van der Waals surface area contributed by atoms with E-state index in [2.05, 4.69) is 21.3 Å². The lowest BCUT2D eigenvalue weighted by molar-refractivity contribution is 0.0321. The van der Waals surface area contributed by atoms with E-state index in [1.54, 1.807) is 13.2 Å². The summed E-state index contributed by atoms with van der Waals surface area (Å²) in [7, 11) is 1.61. The highest BCUT2D eigenvalue weighted by Crippen LogP contribution is 2.37. The summed E-state index contributed by atoms with van der Waals surface area (Å²) in [5, 5.41) is 15.5. The van der Waals surface area contributed by atoms with Crippen LogP contribution in [0.4, 0.5) is 15.8 Å². The quantitative estimate of drug-likeness (QED) is 0.331. The fraction of sp³-hybridized carbons (Fsp3) is 0.259. The van der Waals surface area contributed by atoms with Crippen LogP contribution in [0.15, 0.2) is 48.7 Å². The van der Waals surface area contributed by atoms with E-state index in [0.717, 1.165) is 49.0 Å². The van der Waals surface area contributed by atoms with Crippen LogP contribution < -0.4 is 14.8 Å². The fourth-order valence-corrected chi connectivity index (χ4v) is 4.45. The van der Waals surface area contributed by atoms with Crippen molar-refractivity contribution in [3.8, 4) is 17.6 Å². The Kier molecular flexibility index (Phi) is 7.05. The average Bonchev–Trinajstić information content (AvgIpc) is 2.90. The Morgan fingerprint density at radius 3 is 2.67 bits per heavy atom. The zero-order valence-electron chi connectivity index (χ0n) is 19.7. The SMILES string of the molecule is COc1cc2cc3c(Nc4ccc(F)c(Cl)c4)c(C#N)cnc3cc2cc1OCCN1CCOCC1. The molecule has 0 radical (unpaired) electrons. The van der Waals surface area contributed by atoms with Crippen LogP contribution in [0, 0.1) is 17.1 Å². The number of hydrogen-bond acceptors (Lipinski definition) is 7. The van der Waals surface area contributed by atoms with Crippen molar-refractivity contribution >= 4 is 44.7 Å². The van der Waals surface area contributed by atoms with E-state index in [0.29, 0.717) is 40.6 Å². The summed E-state index contributed by atoms with van der Waals surface area (Å²) in [6.45, 7) is 4.65. The molecular weight excluding hydrogens is 483 g/mol. The number of ether oxygens (including phenoxy) is 3. The molecule has 0 saturated carbocycles. The third kappa shape index (κ3) is 5.00. The van der Waals surface area contributed by atoms with Gasteiger partial charge in [-0.05, 0) is 53.2 Å². The Morgan fingerprint density at radius 1 is 1.14 bits per heavy atom. The van der Waals surface area contributed by atoms with Crippen molar-refractivity contribution in [1.82, 2.24) is 9.88 Å². The molecule has 0 amide bonds. The number of hydrogen-bond donors (Lipinski definition) is 1. The maximum absolute atomic E-state index is 13.6. The van der Waals surface area contributed by atoms with Gasteiger partial charge in [-0.1, -0.05) is 11.6 Å². The van der Waals surface area contributed by atoms with Crippen molar-refractivity contribution in [3.63, 3.8) is 0 Å². The number of nitrogens with zero attached hydrogens (tertiary/aromatic N) is 3. The fourth-order valence-electron chi connectivity index (χ4n) is 4.27. The number of nitrogens with one attached hydrogen (secondary N) is 1. The molecule has 0 unspecified atom stereocenters. The average molecular weight is 507 g/mol. The minimum atomic E-state index is -0.511. The van der Waals surface area contributed by atoms with Gasteiger partial charge in [-0.2, -0.15) is 5.26 Å². The Balaban J connectivity index is 1.49. The molecule has 1 N–H and O–H groups in total. The van der Waals surface area contributed by atoms with Crippen LogP contribution in [-0.2, 0) is 4.74 Å². The molecule has 0 bridgehead atoms. The van der Waals surface area contributed by atoms with Gasteiger partial charge in [0.05, 0.1) is 42.1 Å². The number of fused-ring (bicyclic) bond motifs is 2. The monoisotopic (exact) mass is 506 g/mol. The summed E-state index contributed by atoms with van der Waals surface area (Å²) in [4.78, 5) is 6.80. The van der Waals surface area contributed by atoms with Crippen LogP contribution in [0.5, 0.6) is 11.5 Å². The number of morpholine rings is 1. The molecule has 5 rings (SSSR count). The highest BCUT2D eigenvalue weighted by atomic mass is 35.5. The molecule has 0 spiro atoms. The van der Waals surface area contributed by atoms with E-state index in [1.165, 1.54) is 18.3 Å². The van der Waals surface area contributed by atoms with Gasteiger partial charge in [0.1, 0.15) is 18.5 Å². The molecule has 0 aliphatic carbocycles. The molecular formula is C27H24ClFN4O3. The second kappa shape index (κ2) is 10.5. The number of pyridine rings is 1. The van der Waals surface area contributed by atoms with Crippen LogP contribution in [0.1, 0.15) is 5.56 Å². The molecule has 184 valence electrons. The van der Waals surface area contributed by atoms with Crippen LogP contribution >= 0.6 is 11.6 Å².